The number of aliphatic carboxylic acids is 1. The summed E-state index contributed by atoms with van der Waals surface area (Å²) in [5.41, 5.74) is 11.8. The average molecular weight is 510 g/mol. The van der Waals surface area contributed by atoms with Gasteiger partial charge in [0.25, 0.3) is 0 Å². The first-order valence-corrected chi connectivity index (χ1v) is 12.1. The number of nitrogens with two attached hydrogens (primary N) is 2. The molecule has 6 atom stereocenters. The summed E-state index contributed by atoms with van der Waals surface area (Å²) >= 11 is 0. The van der Waals surface area contributed by atoms with Gasteiger partial charge < -0.3 is 37.5 Å². The fourth-order valence-corrected chi connectivity index (χ4v) is 3.37. The molecule has 13 heteroatoms. The Labute approximate surface area is 210 Å². The van der Waals surface area contributed by atoms with Gasteiger partial charge in [0.2, 0.25) is 23.6 Å². The van der Waals surface area contributed by atoms with Crippen LogP contribution < -0.4 is 27.4 Å². The number of carboxylic acids is 1. The predicted molar refractivity (Wildman–Crippen MR) is 131 cm³/mol. The number of nitrogens with zero attached hydrogens (tertiary/aromatic N) is 1. The Morgan fingerprint density at radius 2 is 1.56 bits per heavy atom. The normalized spacial score (nSPS) is 16.0. The van der Waals surface area contributed by atoms with Crippen molar-refractivity contribution in [3.8, 4) is 0 Å². The molecule has 13 nitrogen and oxygen atoms in total. The second kappa shape index (κ2) is 14.8. The number of carbonyl (C=O) groups excluding carboxylic acids is 4. The SMILES string of the molecule is CCC(C)C(N)C(=O)NC(Cc1cnc[nH]1)C(=O)NC(CCC(N)=O)C(=O)NC(C(=O)O)C(C)CC. The first kappa shape index (κ1) is 30.6. The van der Waals surface area contributed by atoms with E-state index in [9.17, 15) is 29.1 Å². The van der Waals surface area contributed by atoms with Crippen molar-refractivity contribution in [2.75, 3.05) is 0 Å². The van der Waals surface area contributed by atoms with Crippen molar-refractivity contribution in [3.63, 3.8) is 0 Å². The number of amides is 4. The molecule has 0 aliphatic rings. The van der Waals surface area contributed by atoms with E-state index in [0.29, 0.717) is 18.5 Å². The van der Waals surface area contributed by atoms with Crippen molar-refractivity contribution < 1.29 is 29.1 Å². The molecule has 0 radical (unpaired) electrons. The van der Waals surface area contributed by atoms with E-state index in [0.717, 1.165) is 0 Å². The monoisotopic (exact) mass is 509 g/mol. The lowest BCUT2D eigenvalue weighted by molar-refractivity contribution is -0.144. The van der Waals surface area contributed by atoms with Gasteiger partial charge in [-0.05, 0) is 18.3 Å². The lowest BCUT2D eigenvalue weighted by atomic mass is 9.98. The predicted octanol–water partition coefficient (Wildman–Crippen LogP) is -0.824. The van der Waals surface area contributed by atoms with Crippen LogP contribution in [0, 0.1) is 11.8 Å². The lowest BCUT2D eigenvalue weighted by Crippen LogP contribution is -2.58. The Bertz CT molecular complexity index is 892. The Kier molecular flexibility index (Phi) is 12.6. The Hall–Kier alpha value is -3.48. The zero-order valence-corrected chi connectivity index (χ0v) is 21.2. The molecule has 1 rings (SSSR count). The zero-order valence-electron chi connectivity index (χ0n) is 21.2. The van der Waals surface area contributed by atoms with E-state index in [1.54, 1.807) is 13.8 Å². The first-order valence-electron chi connectivity index (χ1n) is 12.1. The van der Waals surface area contributed by atoms with Crippen LogP contribution >= 0.6 is 0 Å². The molecular weight excluding hydrogens is 470 g/mol. The van der Waals surface area contributed by atoms with Crippen LogP contribution in [0.15, 0.2) is 12.5 Å². The highest BCUT2D eigenvalue weighted by atomic mass is 16.4. The van der Waals surface area contributed by atoms with Gasteiger partial charge in [0.15, 0.2) is 0 Å². The van der Waals surface area contributed by atoms with E-state index in [2.05, 4.69) is 25.9 Å². The van der Waals surface area contributed by atoms with Crippen LogP contribution in [0.2, 0.25) is 0 Å². The van der Waals surface area contributed by atoms with E-state index in [4.69, 9.17) is 11.5 Å². The van der Waals surface area contributed by atoms with Crippen molar-refractivity contribution >= 4 is 29.6 Å². The van der Waals surface area contributed by atoms with Crippen LogP contribution in [-0.2, 0) is 30.4 Å². The average Bonchev–Trinajstić information content (AvgIpc) is 3.35. The van der Waals surface area contributed by atoms with E-state index in [1.165, 1.54) is 12.5 Å². The zero-order chi connectivity index (χ0) is 27.4. The van der Waals surface area contributed by atoms with Crippen molar-refractivity contribution in [3.05, 3.63) is 18.2 Å². The molecular formula is C23H39N7O6. The number of hydrogen-bond donors (Lipinski definition) is 7. The molecule has 1 aromatic heterocycles. The van der Waals surface area contributed by atoms with Crippen molar-refractivity contribution in [1.29, 1.82) is 0 Å². The molecule has 0 aliphatic carbocycles. The summed E-state index contributed by atoms with van der Waals surface area (Å²) in [6.07, 6.45) is 3.70. The minimum Gasteiger partial charge on any atom is -0.480 e. The van der Waals surface area contributed by atoms with Crippen LogP contribution in [0.1, 0.15) is 59.1 Å². The summed E-state index contributed by atoms with van der Waals surface area (Å²) < 4.78 is 0. The van der Waals surface area contributed by atoms with E-state index in [1.807, 2.05) is 13.8 Å². The molecule has 4 amide bonds. The highest BCUT2D eigenvalue weighted by molar-refractivity contribution is 5.94. The van der Waals surface area contributed by atoms with Crippen LogP contribution in [-0.4, -0.2) is 68.8 Å². The summed E-state index contributed by atoms with van der Waals surface area (Å²) in [7, 11) is 0. The van der Waals surface area contributed by atoms with Gasteiger partial charge in [-0.15, -0.1) is 0 Å². The molecule has 1 aromatic rings. The van der Waals surface area contributed by atoms with Crippen LogP contribution in [0.3, 0.4) is 0 Å². The number of H-pyrrole nitrogens is 1. The number of aromatic nitrogens is 2. The molecule has 9 N–H and O–H groups in total. The number of nitrogens with one attached hydrogen (secondary N) is 4. The molecule has 0 saturated heterocycles. The summed E-state index contributed by atoms with van der Waals surface area (Å²) in [6, 6.07) is -4.43. The highest BCUT2D eigenvalue weighted by Crippen LogP contribution is 2.10. The van der Waals surface area contributed by atoms with Crippen molar-refractivity contribution in [2.24, 2.45) is 23.3 Å². The second-order valence-electron chi connectivity index (χ2n) is 9.03. The van der Waals surface area contributed by atoms with E-state index >= 15 is 0 Å². The number of carbonyl (C=O) groups is 5. The standard InChI is InChI=1S/C23H39N7O6/c1-5-12(3)18(25)22(34)29-16(9-14-10-26-11-27-14)21(33)28-15(7-8-17(24)31)20(32)30-19(23(35)36)13(4)6-2/h10-13,15-16,18-19H,5-9,25H2,1-4H3,(H2,24,31)(H,26,27)(H,28,33)(H,29,34)(H,30,32)(H,35,36). The summed E-state index contributed by atoms with van der Waals surface area (Å²) in [5, 5.41) is 17.1. The van der Waals surface area contributed by atoms with Crippen LogP contribution in [0.5, 0.6) is 0 Å². The van der Waals surface area contributed by atoms with Gasteiger partial charge >= 0.3 is 5.97 Å². The molecule has 0 spiro atoms. The Morgan fingerprint density at radius 3 is 2.06 bits per heavy atom. The fourth-order valence-electron chi connectivity index (χ4n) is 3.37. The molecule has 0 fully saturated rings. The molecule has 0 bridgehead atoms. The topological polar surface area (TPSA) is 222 Å². The van der Waals surface area contributed by atoms with Gasteiger partial charge in [-0.3, -0.25) is 19.2 Å². The number of imidazole rings is 1. The van der Waals surface area contributed by atoms with E-state index < -0.39 is 53.8 Å². The Morgan fingerprint density at radius 1 is 0.972 bits per heavy atom. The molecule has 0 aliphatic heterocycles. The minimum absolute atomic E-state index is 0.0274. The van der Waals surface area contributed by atoms with Gasteiger partial charge in [-0.1, -0.05) is 40.5 Å². The third-order valence-electron chi connectivity index (χ3n) is 6.26. The Balaban J connectivity index is 3.12. The molecule has 6 unspecified atom stereocenters. The molecule has 202 valence electrons. The van der Waals surface area contributed by atoms with Gasteiger partial charge in [0.05, 0.1) is 12.4 Å². The maximum Gasteiger partial charge on any atom is 0.326 e. The van der Waals surface area contributed by atoms with E-state index in [-0.39, 0.29) is 31.1 Å². The lowest BCUT2D eigenvalue weighted by Gasteiger charge is -2.27. The van der Waals surface area contributed by atoms with Crippen molar-refractivity contribution in [2.45, 2.75) is 84.0 Å². The third kappa shape index (κ3) is 9.64. The summed E-state index contributed by atoms with van der Waals surface area (Å²) in [6.45, 7) is 7.16. The smallest absolute Gasteiger partial charge is 0.326 e. The molecule has 36 heavy (non-hydrogen) atoms. The van der Waals surface area contributed by atoms with Gasteiger partial charge in [-0.2, -0.15) is 0 Å². The van der Waals surface area contributed by atoms with Gasteiger partial charge in [-0.25, -0.2) is 9.78 Å². The minimum atomic E-state index is -1.26. The maximum absolute atomic E-state index is 13.2. The van der Waals surface area contributed by atoms with Gasteiger partial charge in [0, 0.05) is 24.7 Å². The first-order chi connectivity index (χ1) is 16.9. The number of hydrogen-bond acceptors (Lipinski definition) is 7. The van der Waals surface area contributed by atoms with Gasteiger partial charge in [0.1, 0.15) is 18.1 Å². The number of rotatable bonds is 16. The number of aromatic amines is 1. The number of carboxylic acid groups (broad SMARTS) is 1. The second-order valence-corrected chi connectivity index (χ2v) is 9.03. The quantitative estimate of drug-likeness (QED) is 0.149. The fraction of sp³-hybridized carbons (Fsp3) is 0.652. The van der Waals surface area contributed by atoms with Crippen molar-refractivity contribution in [1.82, 2.24) is 25.9 Å². The molecule has 0 saturated carbocycles. The summed E-state index contributed by atoms with van der Waals surface area (Å²) in [4.78, 5) is 68.7. The summed E-state index contributed by atoms with van der Waals surface area (Å²) in [5.74, 6) is -4.46. The largest absolute Gasteiger partial charge is 0.480 e. The maximum atomic E-state index is 13.2. The highest BCUT2D eigenvalue weighted by Gasteiger charge is 2.32. The third-order valence-corrected chi connectivity index (χ3v) is 6.26. The molecule has 0 aromatic carbocycles. The number of primary amides is 1. The van der Waals surface area contributed by atoms with Crippen LogP contribution in [0.4, 0.5) is 0 Å². The van der Waals surface area contributed by atoms with Crippen LogP contribution in [0.25, 0.3) is 0 Å². The molecule has 1 heterocycles.